The number of hydrogen-bond acceptors (Lipinski definition) is 3. The number of carbonyl (C=O) groups excluding carboxylic acids is 1. The molecule has 2 atom stereocenters. The Morgan fingerprint density at radius 2 is 1.85 bits per heavy atom. The number of hydrogen-bond donors (Lipinski definition) is 3. The molecule has 0 saturated heterocycles. The maximum atomic E-state index is 12.0. The SMILES string of the molecule is CSC(CO)C(C)NC(=O)Nc1c(C)cc(C)cc1C. The number of urea groups is 1. The van der Waals surface area contributed by atoms with Crippen molar-refractivity contribution in [1.29, 1.82) is 0 Å². The van der Waals surface area contributed by atoms with Gasteiger partial charge in [0.05, 0.1) is 6.61 Å². The normalized spacial score (nSPS) is 13.7. The summed E-state index contributed by atoms with van der Waals surface area (Å²) in [6.07, 6.45) is 1.92. The average Bonchev–Trinajstić information content (AvgIpc) is 2.35. The van der Waals surface area contributed by atoms with E-state index in [0.29, 0.717) is 0 Å². The molecule has 0 aliphatic rings. The van der Waals surface area contributed by atoms with Crippen LogP contribution in [-0.4, -0.2) is 35.3 Å². The summed E-state index contributed by atoms with van der Waals surface area (Å²) in [4.78, 5) is 12.0. The fourth-order valence-corrected chi connectivity index (χ4v) is 2.89. The van der Waals surface area contributed by atoms with Gasteiger partial charge in [0.1, 0.15) is 0 Å². The third-order valence-electron chi connectivity index (χ3n) is 3.31. The zero-order valence-electron chi connectivity index (χ0n) is 12.8. The molecular formula is C15H24N2O2S. The van der Waals surface area contributed by atoms with E-state index in [1.54, 1.807) is 11.8 Å². The van der Waals surface area contributed by atoms with E-state index in [1.807, 2.05) is 46.1 Å². The smallest absolute Gasteiger partial charge is 0.319 e. The van der Waals surface area contributed by atoms with Gasteiger partial charge in [0.15, 0.2) is 0 Å². The molecule has 0 aliphatic heterocycles. The van der Waals surface area contributed by atoms with Crippen molar-refractivity contribution in [3.63, 3.8) is 0 Å². The van der Waals surface area contributed by atoms with E-state index in [2.05, 4.69) is 10.6 Å². The molecule has 0 bridgehead atoms. The summed E-state index contributed by atoms with van der Waals surface area (Å²) in [5.41, 5.74) is 4.13. The number of nitrogens with one attached hydrogen (secondary N) is 2. The number of carbonyl (C=O) groups is 1. The summed E-state index contributed by atoms with van der Waals surface area (Å²) in [6.45, 7) is 7.95. The average molecular weight is 296 g/mol. The van der Waals surface area contributed by atoms with E-state index in [9.17, 15) is 9.90 Å². The van der Waals surface area contributed by atoms with Crippen LogP contribution in [0.2, 0.25) is 0 Å². The lowest BCUT2D eigenvalue weighted by Crippen LogP contribution is -2.43. The molecule has 2 unspecified atom stereocenters. The van der Waals surface area contributed by atoms with Crippen molar-refractivity contribution in [2.24, 2.45) is 0 Å². The molecule has 5 heteroatoms. The number of benzene rings is 1. The van der Waals surface area contributed by atoms with Crippen LogP contribution in [0.15, 0.2) is 12.1 Å². The lowest BCUT2D eigenvalue weighted by molar-refractivity contribution is 0.243. The quantitative estimate of drug-likeness (QED) is 0.783. The Balaban J connectivity index is 2.72. The van der Waals surface area contributed by atoms with Crippen molar-refractivity contribution in [3.05, 3.63) is 28.8 Å². The first kappa shape index (κ1) is 16.9. The van der Waals surface area contributed by atoms with Gasteiger partial charge in [-0.15, -0.1) is 0 Å². The molecule has 0 fully saturated rings. The summed E-state index contributed by atoms with van der Waals surface area (Å²) in [5, 5.41) is 15.0. The lowest BCUT2D eigenvalue weighted by Gasteiger charge is -2.22. The second-order valence-electron chi connectivity index (χ2n) is 5.12. The predicted molar refractivity (Wildman–Crippen MR) is 86.7 cm³/mol. The van der Waals surface area contributed by atoms with E-state index >= 15 is 0 Å². The van der Waals surface area contributed by atoms with Crippen molar-refractivity contribution in [3.8, 4) is 0 Å². The van der Waals surface area contributed by atoms with E-state index in [1.165, 1.54) is 5.56 Å². The Morgan fingerprint density at radius 1 is 1.30 bits per heavy atom. The molecule has 4 nitrogen and oxygen atoms in total. The van der Waals surface area contributed by atoms with E-state index < -0.39 is 0 Å². The van der Waals surface area contributed by atoms with Crippen molar-refractivity contribution in [1.82, 2.24) is 5.32 Å². The van der Waals surface area contributed by atoms with Gasteiger partial charge in [0.25, 0.3) is 0 Å². The van der Waals surface area contributed by atoms with E-state index in [4.69, 9.17) is 0 Å². The number of aliphatic hydroxyl groups is 1. The standard InChI is InChI=1S/C15H24N2O2S/c1-9-6-10(2)14(11(3)7-9)17-15(19)16-12(4)13(8-18)20-5/h6-7,12-13,18H,8H2,1-5H3,(H2,16,17,19). The van der Waals surface area contributed by atoms with Crippen molar-refractivity contribution in [2.45, 2.75) is 39.0 Å². The fourth-order valence-electron chi connectivity index (χ4n) is 2.26. The molecule has 112 valence electrons. The third kappa shape index (κ3) is 4.42. The van der Waals surface area contributed by atoms with Gasteiger partial charge in [-0.2, -0.15) is 11.8 Å². The van der Waals surface area contributed by atoms with Crippen molar-refractivity contribution < 1.29 is 9.90 Å². The second kappa shape index (κ2) is 7.55. The molecule has 1 aromatic rings. The van der Waals surface area contributed by atoms with Crippen LogP contribution in [0, 0.1) is 20.8 Å². The molecule has 2 amide bonds. The van der Waals surface area contributed by atoms with Crippen LogP contribution in [0.1, 0.15) is 23.6 Å². The number of rotatable bonds is 5. The molecular weight excluding hydrogens is 272 g/mol. The zero-order valence-corrected chi connectivity index (χ0v) is 13.6. The van der Waals surface area contributed by atoms with Crippen molar-refractivity contribution >= 4 is 23.5 Å². The number of anilines is 1. The Kier molecular flexibility index (Phi) is 6.36. The first-order valence-corrected chi connectivity index (χ1v) is 7.96. The van der Waals surface area contributed by atoms with Crippen LogP contribution in [0.3, 0.4) is 0 Å². The molecule has 0 heterocycles. The van der Waals surface area contributed by atoms with Gasteiger partial charge >= 0.3 is 6.03 Å². The third-order valence-corrected chi connectivity index (χ3v) is 4.48. The van der Waals surface area contributed by atoms with Crippen LogP contribution >= 0.6 is 11.8 Å². The topological polar surface area (TPSA) is 61.4 Å². The summed E-state index contributed by atoms with van der Waals surface area (Å²) in [7, 11) is 0. The van der Waals surface area contributed by atoms with Gasteiger partial charge in [0, 0.05) is 17.0 Å². The second-order valence-corrected chi connectivity index (χ2v) is 6.19. The molecule has 20 heavy (non-hydrogen) atoms. The Hall–Kier alpha value is -1.20. The van der Waals surface area contributed by atoms with E-state index in [0.717, 1.165) is 16.8 Å². The highest BCUT2D eigenvalue weighted by Crippen LogP contribution is 2.21. The Labute approximate surface area is 125 Å². The Morgan fingerprint density at radius 3 is 2.30 bits per heavy atom. The highest BCUT2D eigenvalue weighted by Gasteiger charge is 2.18. The van der Waals surface area contributed by atoms with Crippen molar-refractivity contribution in [2.75, 3.05) is 18.2 Å². The maximum absolute atomic E-state index is 12.0. The fraction of sp³-hybridized carbons (Fsp3) is 0.533. The van der Waals surface area contributed by atoms with Gasteiger partial charge in [-0.25, -0.2) is 4.79 Å². The predicted octanol–water partition coefficient (Wildman–Crippen LogP) is 2.85. The summed E-state index contributed by atoms with van der Waals surface area (Å²) < 4.78 is 0. The van der Waals surface area contributed by atoms with Gasteiger partial charge in [-0.1, -0.05) is 17.7 Å². The van der Waals surface area contributed by atoms with Gasteiger partial charge < -0.3 is 15.7 Å². The zero-order chi connectivity index (χ0) is 15.3. The minimum Gasteiger partial charge on any atom is -0.395 e. The van der Waals surface area contributed by atoms with Crippen LogP contribution in [0.25, 0.3) is 0 Å². The number of amides is 2. The molecule has 0 spiro atoms. The van der Waals surface area contributed by atoms with Gasteiger partial charge in [-0.3, -0.25) is 0 Å². The summed E-state index contributed by atoms with van der Waals surface area (Å²) in [5.74, 6) is 0. The maximum Gasteiger partial charge on any atom is 0.319 e. The molecule has 0 aliphatic carbocycles. The molecule has 0 aromatic heterocycles. The summed E-state index contributed by atoms with van der Waals surface area (Å²) >= 11 is 1.54. The highest BCUT2D eigenvalue weighted by atomic mass is 32.2. The Bertz CT molecular complexity index is 450. The summed E-state index contributed by atoms with van der Waals surface area (Å²) in [6, 6.07) is 3.76. The first-order chi connectivity index (χ1) is 9.38. The van der Waals surface area contributed by atoms with Gasteiger partial charge in [0.2, 0.25) is 0 Å². The minimum absolute atomic E-state index is 0.000890. The van der Waals surface area contributed by atoms with E-state index in [-0.39, 0.29) is 23.9 Å². The van der Waals surface area contributed by atoms with Crippen LogP contribution < -0.4 is 10.6 Å². The molecule has 3 N–H and O–H groups in total. The number of aryl methyl sites for hydroxylation is 3. The van der Waals surface area contributed by atoms with Crippen LogP contribution in [0.5, 0.6) is 0 Å². The molecule has 1 rings (SSSR count). The number of thioether (sulfide) groups is 1. The largest absolute Gasteiger partial charge is 0.395 e. The first-order valence-electron chi connectivity index (χ1n) is 6.68. The highest BCUT2D eigenvalue weighted by molar-refractivity contribution is 7.99. The minimum atomic E-state index is -0.236. The monoisotopic (exact) mass is 296 g/mol. The molecule has 0 saturated carbocycles. The number of aliphatic hydroxyl groups excluding tert-OH is 1. The van der Waals surface area contributed by atoms with Crippen LogP contribution in [-0.2, 0) is 0 Å². The molecule has 1 aromatic carbocycles. The van der Waals surface area contributed by atoms with Gasteiger partial charge in [-0.05, 0) is 45.1 Å². The lowest BCUT2D eigenvalue weighted by atomic mass is 10.1. The molecule has 0 radical (unpaired) electrons. The van der Waals surface area contributed by atoms with Crippen LogP contribution in [0.4, 0.5) is 10.5 Å².